The maximum atomic E-state index is 11.4. The van der Waals surface area contributed by atoms with E-state index in [1.165, 1.54) is 21.3 Å². The molecule has 1 fully saturated rings. The van der Waals surface area contributed by atoms with Crippen LogP contribution in [0.25, 0.3) is 0 Å². The first-order chi connectivity index (χ1) is 9.76. The third kappa shape index (κ3) is 2.57. The van der Waals surface area contributed by atoms with Crippen molar-refractivity contribution in [3.05, 3.63) is 17.2 Å². The molecule has 0 spiro atoms. The monoisotopic (exact) mass is 282 g/mol. The lowest BCUT2D eigenvalue weighted by molar-refractivity contribution is -0.183. The van der Waals surface area contributed by atoms with Gasteiger partial charge in [0.15, 0.2) is 24.1 Å². The van der Waals surface area contributed by atoms with Crippen molar-refractivity contribution in [2.75, 3.05) is 34.5 Å². The van der Waals surface area contributed by atoms with E-state index in [4.69, 9.17) is 23.7 Å². The Morgan fingerprint density at radius 2 is 1.75 bits per heavy atom. The van der Waals surface area contributed by atoms with Gasteiger partial charge in [0.2, 0.25) is 5.75 Å². The second-order valence-electron chi connectivity index (χ2n) is 4.19. The van der Waals surface area contributed by atoms with Crippen molar-refractivity contribution in [1.29, 1.82) is 0 Å². The van der Waals surface area contributed by atoms with Crippen LogP contribution in [0, 0.1) is 0 Å². The van der Waals surface area contributed by atoms with E-state index in [0.29, 0.717) is 47.9 Å². The van der Waals surface area contributed by atoms with Gasteiger partial charge in [-0.15, -0.1) is 0 Å². The van der Waals surface area contributed by atoms with E-state index >= 15 is 0 Å². The zero-order valence-electron chi connectivity index (χ0n) is 11.8. The molecule has 0 amide bonds. The Balaban J connectivity index is 2.57. The Morgan fingerprint density at radius 3 is 2.25 bits per heavy atom. The third-order valence-corrected chi connectivity index (χ3v) is 3.10. The Kier molecular flexibility index (Phi) is 4.81. The lowest BCUT2D eigenvalue weighted by Crippen LogP contribution is -2.19. The first-order valence-corrected chi connectivity index (χ1v) is 6.28. The maximum absolute atomic E-state index is 11.4. The second kappa shape index (κ2) is 6.58. The zero-order chi connectivity index (χ0) is 14.5. The Labute approximate surface area is 117 Å². The third-order valence-electron chi connectivity index (χ3n) is 3.10. The van der Waals surface area contributed by atoms with E-state index in [1.807, 2.05) is 0 Å². The number of methoxy groups -OCH3 is 3. The number of ether oxygens (including phenoxy) is 5. The minimum atomic E-state index is -0.599. The van der Waals surface area contributed by atoms with Crippen molar-refractivity contribution in [1.82, 2.24) is 0 Å². The number of carbonyl (C=O) groups excluding carboxylic acids is 1. The van der Waals surface area contributed by atoms with E-state index in [9.17, 15) is 4.79 Å². The quantitative estimate of drug-likeness (QED) is 0.769. The van der Waals surface area contributed by atoms with Crippen molar-refractivity contribution >= 4 is 6.29 Å². The van der Waals surface area contributed by atoms with Crippen LogP contribution in [-0.2, 0) is 9.47 Å². The van der Waals surface area contributed by atoms with Crippen molar-refractivity contribution in [3.8, 4) is 17.2 Å². The summed E-state index contributed by atoms with van der Waals surface area (Å²) in [6.45, 7) is 1.17. The molecule has 110 valence electrons. The van der Waals surface area contributed by atoms with Gasteiger partial charge in [-0.2, -0.15) is 0 Å². The molecule has 1 aromatic carbocycles. The fourth-order valence-corrected chi connectivity index (χ4v) is 2.18. The molecule has 0 unspecified atom stereocenters. The summed E-state index contributed by atoms with van der Waals surface area (Å²) < 4.78 is 26.9. The van der Waals surface area contributed by atoms with Gasteiger partial charge in [0.1, 0.15) is 0 Å². The summed E-state index contributed by atoms with van der Waals surface area (Å²) in [5.74, 6) is 1.15. The van der Waals surface area contributed by atoms with Crippen LogP contribution in [0.5, 0.6) is 17.2 Å². The smallest absolute Gasteiger partial charge is 0.204 e. The number of hydrogen-bond donors (Lipinski definition) is 0. The molecule has 0 bridgehead atoms. The molecule has 6 heteroatoms. The number of hydrogen-bond acceptors (Lipinski definition) is 6. The van der Waals surface area contributed by atoms with Crippen LogP contribution in [0.4, 0.5) is 0 Å². The van der Waals surface area contributed by atoms with Crippen LogP contribution < -0.4 is 14.2 Å². The Bertz CT molecular complexity index is 479. The van der Waals surface area contributed by atoms with E-state index in [0.717, 1.165) is 6.42 Å². The number of benzene rings is 1. The molecule has 0 saturated carbocycles. The molecule has 1 aliphatic heterocycles. The van der Waals surface area contributed by atoms with E-state index in [2.05, 4.69) is 0 Å². The molecule has 0 atom stereocenters. The van der Waals surface area contributed by atoms with E-state index < -0.39 is 6.29 Å². The largest absolute Gasteiger partial charge is 0.493 e. The fraction of sp³-hybridized carbons (Fsp3) is 0.500. The van der Waals surface area contributed by atoms with Gasteiger partial charge < -0.3 is 23.7 Å². The van der Waals surface area contributed by atoms with Crippen LogP contribution in [0.1, 0.15) is 28.6 Å². The van der Waals surface area contributed by atoms with Gasteiger partial charge in [-0.1, -0.05) is 0 Å². The predicted molar refractivity (Wildman–Crippen MR) is 70.7 cm³/mol. The molecule has 0 aliphatic carbocycles. The summed E-state index contributed by atoms with van der Waals surface area (Å²) in [6.07, 6.45) is 0.937. The minimum Gasteiger partial charge on any atom is -0.493 e. The first kappa shape index (κ1) is 14.6. The lowest BCUT2D eigenvalue weighted by atomic mass is 10.0. The second-order valence-corrected chi connectivity index (χ2v) is 4.19. The van der Waals surface area contributed by atoms with Crippen LogP contribution in [0.2, 0.25) is 0 Å². The van der Waals surface area contributed by atoms with Crippen molar-refractivity contribution in [2.24, 2.45) is 0 Å². The van der Waals surface area contributed by atoms with Crippen LogP contribution in [0.3, 0.4) is 0 Å². The molecule has 1 saturated heterocycles. The molecule has 2 rings (SSSR count). The predicted octanol–water partition coefficient (Wildman–Crippen LogP) is 1.96. The molecule has 0 N–H and O–H groups in total. The molecule has 6 nitrogen and oxygen atoms in total. The summed E-state index contributed by atoms with van der Waals surface area (Å²) in [6, 6.07) is 1.68. The number of rotatable bonds is 5. The maximum Gasteiger partial charge on any atom is 0.204 e. The topological polar surface area (TPSA) is 63.2 Å². The normalized spacial score (nSPS) is 15.8. The number of carbonyl (C=O) groups is 1. The summed E-state index contributed by atoms with van der Waals surface area (Å²) in [4.78, 5) is 11.4. The SMILES string of the molecule is COc1cc(C2OCCCO2)c(C=O)c(OC)c1OC. The highest BCUT2D eigenvalue weighted by atomic mass is 16.7. The molecule has 0 radical (unpaired) electrons. The molecule has 1 aliphatic rings. The molecule has 0 aromatic heterocycles. The van der Waals surface area contributed by atoms with Gasteiger partial charge >= 0.3 is 0 Å². The molecular formula is C14H18O6. The number of aldehydes is 1. The average Bonchev–Trinajstić information content (AvgIpc) is 2.53. The van der Waals surface area contributed by atoms with Crippen molar-refractivity contribution in [2.45, 2.75) is 12.7 Å². The fourth-order valence-electron chi connectivity index (χ4n) is 2.18. The zero-order valence-corrected chi connectivity index (χ0v) is 11.8. The van der Waals surface area contributed by atoms with Crippen LogP contribution >= 0.6 is 0 Å². The van der Waals surface area contributed by atoms with Gasteiger partial charge in [-0.3, -0.25) is 4.79 Å². The van der Waals surface area contributed by atoms with Gasteiger partial charge in [0.05, 0.1) is 40.1 Å². The van der Waals surface area contributed by atoms with Crippen LogP contribution in [-0.4, -0.2) is 40.8 Å². The summed E-state index contributed by atoms with van der Waals surface area (Å²) in [7, 11) is 4.48. The van der Waals surface area contributed by atoms with Gasteiger partial charge in [0, 0.05) is 5.56 Å². The Hall–Kier alpha value is -1.79. The van der Waals surface area contributed by atoms with E-state index in [-0.39, 0.29) is 0 Å². The van der Waals surface area contributed by atoms with Crippen molar-refractivity contribution in [3.63, 3.8) is 0 Å². The minimum absolute atomic E-state index is 0.314. The summed E-state index contributed by atoms with van der Waals surface area (Å²) >= 11 is 0. The van der Waals surface area contributed by atoms with E-state index in [1.54, 1.807) is 6.07 Å². The molecule has 1 heterocycles. The average molecular weight is 282 g/mol. The van der Waals surface area contributed by atoms with Gasteiger partial charge in [-0.25, -0.2) is 0 Å². The first-order valence-electron chi connectivity index (χ1n) is 6.28. The molecule has 20 heavy (non-hydrogen) atoms. The summed E-state index contributed by atoms with van der Waals surface area (Å²) in [5, 5.41) is 0. The van der Waals surface area contributed by atoms with Gasteiger partial charge in [-0.05, 0) is 12.5 Å². The highest BCUT2D eigenvalue weighted by Crippen LogP contribution is 2.44. The standard InChI is InChI=1S/C14H18O6/c1-16-11-7-9(14-19-5-4-6-20-14)10(8-15)12(17-2)13(11)18-3/h7-8,14H,4-6H2,1-3H3. The highest BCUT2D eigenvalue weighted by Gasteiger charge is 2.27. The highest BCUT2D eigenvalue weighted by molar-refractivity contribution is 5.85. The van der Waals surface area contributed by atoms with Gasteiger partial charge in [0.25, 0.3) is 0 Å². The van der Waals surface area contributed by atoms with Crippen molar-refractivity contribution < 1.29 is 28.5 Å². The molecular weight excluding hydrogens is 264 g/mol. The molecule has 1 aromatic rings. The lowest BCUT2D eigenvalue weighted by Gasteiger charge is -2.26. The van der Waals surface area contributed by atoms with Crippen LogP contribution in [0.15, 0.2) is 6.07 Å². The Morgan fingerprint density at radius 1 is 1.10 bits per heavy atom. The summed E-state index contributed by atoms with van der Waals surface area (Å²) in [5.41, 5.74) is 0.922.